The number of ether oxygens (including phenoxy) is 1. The molecule has 0 saturated carbocycles. The van der Waals surface area contributed by atoms with Crippen molar-refractivity contribution < 1.29 is 32.6 Å². The van der Waals surface area contributed by atoms with Gasteiger partial charge in [0.2, 0.25) is 0 Å². The number of aliphatic carboxylic acids is 1. The summed E-state index contributed by atoms with van der Waals surface area (Å²) in [6.45, 7) is 1.84. The highest BCUT2D eigenvalue weighted by atomic mass is 19.4. The number of benzene rings is 1. The third kappa shape index (κ3) is 5.76. The average molecular weight is 453 g/mol. The number of alkyl halides is 3. The van der Waals surface area contributed by atoms with Gasteiger partial charge in [-0.3, -0.25) is 9.69 Å². The summed E-state index contributed by atoms with van der Waals surface area (Å²) < 4.78 is 37.6. The monoisotopic (exact) mass is 453 g/mol. The molecule has 32 heavy (non-hydrogen) atoms. The topological polar surface area (TPSA) is 105 Å². The average Bonchev–Trinajstić information content (AvgIpc) is 2.96. The Morgan fingerprint density at radius 3 is 2.34 bits per heavy atom. The van der Waals surface area contributed by atoms with Gasteiger partial charge in [0.25, 0.3) is 5.91 Å². The molecule has 0 spiro atoms. The van der Waals surface area contributed by atoms with Crippen molar-refractivity contribution in [2.75, 3.05) is 14.2 Å². The molecule has 1 aromatic rings. The second-order valence-corrected chi connectivity index (χ2v) is 7.77. The van der Waals surface area contributed by atoms with E-state index in [-0.39, 0.29) is 11.9 Å². The molecular formula is C22H26F3N3O4. The number of nitrogens with two attached hydrogens (primary N) is 1. The Balaban J connectivity index is 0.000000451. The van der Waals surface area contributed by atoms with Crippen LogP contribution in [0.4, 0.5) is 13.2 Å². The first-order chi connectivity index (χ1) is 14.8. The SMILES string of the molecule is COC1(CCC2(C)N=C(N)N(C)C2=O)C=CC=C(c2ccccc2)C1.O=C(O)C(F)(F)F. The first-order valence-electron chi connectivity index (χ1n) is 9.76. The molecule has 3 rings (SSSR count). The van der Waals surface area contributed by atoms with E-state index in [4.69, 9.17) is 20.4 Å². The molecule has 7 nitrogen and oxygen atoms in total. The van der Waals surface area contributed by atoms with E-state index in [9.17, 15) is 18.0 Å². The molecule has 1 aliphatic heterocycles. The minimum atomic E-state index is -5.08. The van der Waals surface area contributed by atoms with Crippen LogP contribution in [0.25, 0.3) is 5.57 Å². The van der Waals surface area contributed by atoms with Gasteiger partial charge in [0.1, 0.15) is 5.54 Å². The van der Waals surface area contributed by atoms with E-state index in [0.29, 0.717) is 12.8 Å². The number of likely N-dealkylation sites (N-methyl/N-ethyl adjacent to an activating group) is 1. The van der Waals surface area contributed by atoms with Crippen molar-refractivity contribution in [3.05, 3.63) is 54.1 Å². The zero-order valence-electron chi connectivity index (χ0n) is 18.0. The maximum absolute atomic E-state index is 12.4. The molecule has 2 aliphatic rings. The lowest BCUT2D eigenvalue weighted by Gasteiger charge is -2.34. The number of methoxy groups -OCH3 is 1. The van der Waals surface area contributed by atoms with Crippen molar-refractivity contribution >= 4 is 23.4 Å². The molecule has 1 aliphatic carbocycles. The molecule has 0 bridgehead atoms. The van der Waals surface area contributed by atoms with Crippen LogP contribution in [-0.4, -0.2) is 59.3 Å². The van der Waals surface area contributed by atoms with Crippen LogP contribution in [0.3, 0.4) is 0 Å². The van der Waals surface area contributed by atoms with E-state index in [2.05, 4.69) is 29.3 Å². The third-order valence-corrected chi connectivity index (χ3v) is 5.49. The molecule has 0 aromatic heterocycles. The van der Waals surface area contributed by atoms with E-state index in [0.717, 1.165) is 6.42 Å². The van der Waals surface area contributed by atoms with Crippen molar-refractivity contribution in [1.82, 2.24) is 4.90 Å². The Hall–Kier alpha value is -3.14. The van der Waals surface area contributed by atoms with Crippen molar-refractivity contribution in [1.29, 1.82) is 0 Å². The van der Waals surface area contributed by atoms with Crippen molar-refractivity contribution in [2.24, 2.45) is 10.7 Å². The maximum atomic E-state index is 12.4. The number of hydrogen-bond donors (Lipinski definition) is 2. The number of guanidine groups is 1. The lowest BCUT2D eigenvalue weighted by molar-refractivity contribution is -0.192. The first-order valence-corrected chi connectivity index (χ1v) is 9.76. The fraction of sp³-hybridized carbons (Fsp3) is 0.409. The minimum Gasteiger partial charge on any atom is -0.475 e. The van der Waals surface area contributed by atoms with Gasteiger partial charge in [0.05, 0.1) is 5.60 Å². The third-order valence-electron chi connectivity index (χ3n) is 5.49. The van der Waals surface area contributed by atoms with Gasteiger partial charge in [0.15, 0.2) is 5.96 Å². The fourth-order valence-electron chi connectivity index (χ4n) is 3.50. The van der Waals surface area contributed by atoms with E-state index in [1.165, 1.54) is 16.0 Å². The van der Waals surface area contributed by atoms with Crippen LogP contribution in [0, 0.1) is 0 Å². The summed E-state index contributed by atoms with van der Waals surface area (Å²) >= 11 is 0. The zero-order valence-corrected chi connectivity index (χ0v) is 18.0. The molecule has 2 unspecified atom stereocenters. The lowest BCUT2D eigenvalue weighted by atomic mass is 9.80. The Morgan fingerprint density at radius 2 is 1.88 bits per heavy atom. The van der Waals surface area contributed by atoms with Gasteiger partial charge < -0.3 is 15.6 Å². The van der Waals surface area contributed by atoms with Crippen molar-refractivity contribution in [3.8, 4) is 0 Å². The van der Waals surface area contributed by atoms with E-state index >= 15 is 0 Å². The Morgan fingerprint density at radius 1 is 1.28 bits per heavy atom. The minimum absolute atomic E-state index is 0.0603. The second-order valence-electron chi connectivity index (χ2n) is 7.77. The van der Waals surface area contributed by atoms with Crippen LogP contribution in [-0.2, 0) is 14.3 Å². The number of allylic oxidation sites excluding steroid dienone is 2. The highest BCUT2D eigenvalue weighted by molar-refractivity contribution is 6.06. The van der Waals surface area contributed by atoms with Crippen LogP contribution in [0.2, 0.25) is 0 Å². The van der Waals surface area contributed by atoms with Gasteiger partial charge in [-0.05, 0) is 30.9 Å². The number of carbonyl (C=O) groups is 2. The summed E-state index contributed by atoms with van der Waals surface area (Å²) in [5.74, 6) is -2.54. The second kappa shape index (κ2) is 9.56. The summed E-state index contributed by atoms with van der Waals surface area (Å²) in [5, 5.41) is 7.12. The summed E-state index contributed by atoms with van der Waals surface area (Å²) in [6, 6.07) is 10.3. The molecule has 0 saturated heterocycles. The fourth-order valence-corrected chi connectivity index (χ4v) is 3.50. The highest BCUT2D eigenvalue weighted by Gasteiger charge is 2.44. The summed E-state index contributed by atoms with van der Waals surface area (Å²) in [6.07, 6.45) is 3.20. The smallest absolute Gasteiger partial charge is 0.475 e. The predicted octanol–water partition coefficient (Wildman–Crippen LogP) is 3.37. The molecule has 10 heteroatoms. The number of carboxylic acids is 1. The Bertz CT molecular complexity index is 943. The van der Waals surface area contributed by atoms with Crippen molar-refractivity contribution in [3.63, 3.8) is 0 Å². The predicted molar refractivity (Wildman–Crippen MR) is 114 cm³/mol. The van der Waals surface area contributed by atoms with Crippen LogP contribution < -0.4 is 5.73 Å². The van der Waals surface area contributed by atoms with Crippen LogP contribution >= 0.6 is 0 Å². The van der Waals surface area contributed by atoms with Gasteiger partial charge >= 0.3 is 12.1 Å². The van der Waals surface area contributed by atoms with Crippen LogP contribution in [0.15, 0.2) is 53.6 Å². The lowest BCUT2D eigenvalue weighted by Crippen LogP contribution is -2.42. The van der Waals surface area contributed by atoms with E-state index < -0.39 is 23.3 Å². The molecule has 1 aromatic carbocycles. The number of carboxylic acid groups (broad SMARTS) is 1. The summed E-state index contributed by atoms with van der Waals surface area (Å²) in [5.41, 5.74) is 6.99. The highest BCUT2D eigenvalue weighted by Crippen LogP contribution is 2.38. The first kappa shape index (κ1) is 25.1. The number of nitrogens with zero attached hydrogens (tertiary/aromatic N) is 2. The van der Waals surface area contributed by atoms with Crippen molar-refractivity contribution in [2.45, 2.75) is 43.5 Å². The van der Waals surface area contributed by atoms with Gasteiger partial charge in [-0.25, -0.2) is 9.79 Å². The van der Waals surface area contributed by atoms with E-state index in [1.54, 1.807) is 14.2 Å². The summed E-state index contributed by atoms with van der Waals surface area (Å²) in [4.78, 5) is 27.2. The quantitative estimate of drug-likeness (QED) is 0.711. The number of carbonyl (C=O) groups excluding carboxylic acids is 1. The molecule has 3 N–H and O–H groups in total. The normalized spacial score (nSPS) is 25.1. The van der Waals surface area contributed by atoms with Gasteiger partial charge in [0, 0.05) is 20.6 Å². The molecule has 0 fully saturated rings. The maximum Gasteiger partial charge on any atom is 0.490 e. The largest absolute Gasteiger partial charge is 0.490 e. The number of rotatable bonds is 5. The molecule has 1 heterocycles. The van der Waals surface area contributed by atoms with Gasteiger partial charge in [-0.1, -0.05) is 48.6 Å². The number of aliphatic imine (C=N–C) groups is 1. The van der Waals surface area contributed by atoms with E-state index in [1.807, 2.05) is 31.2 Å². The molecule has 174 valence electrons. The van der Waals surface area contributed by atoms with Gasteiger partial charge in [-0.15, -0.1) is 0 Å². The number of halogens is 3. The Labute approximate surface area is 184 Å². The number of hydrogen-bond acceptors (Lipinski definition) is 5. The molecule has 1 amide bonds. The summed E-state index contributed by atoms with van der Waals surface area (Å²) in [7, 11) is 3.39. The van der Waals surface area contributed by atoms with Crippen LogP contribution in [0.5, 0.6) is 0 Å². The molecular weight excluding hydrogens is 427 g/mol. The zero-order chi connectivity index (χ0) is 24.2. The molecule has 0 radical (unpaired) electrons. The Kier molecular flexibility index (Phi) is 7.50. The standard InChI is InChI=1S/C20H25N3O2.C2HF3O2/c1-19(17(24)23(2)18(21)22-19)12-13-20(25-3)11-7-10-16(14-20)15-8-5-4-6-9-15;3-2(4,5)1(6)7/h4-11H,12-14H2,1-3H3,(H2,21,22);(H,6,7). The van der Waals surface area contributed by atoms with Crippen LogP contribution in [0.1, 0.15) is 31.7 Å². The van der Waals surface area contributed by atoms with Gasteiger partial charge in [-0.2, -0.15) is 13.2 Å². The number of amides is 1. The molecule has 2 atom stereocenters.